The Morgan fingerprint density at radius 2 is 2.13 bits per heavy atom. The number of aromatic nitrogens is 3. The lowest BCUT2D eigenvalue weighted by atomic mass is 10.2. The summed E-state index contributed by atoms with van der Waals surface area (Å²) in [6.07, 6.45) is 1.66. The molecule has 5 heteroatoms. The van der Waals surface area contributed by atoms with Crippen LogP contribution in [0.15, 0.2) is 39.7 Å². The van der Waals surface area contributed by atoms with Crippen molar-refractivity contribution in [3.8, 4) is 0 Å². The molecule has 0 unspecified atom stereocenters. The lowest BCUT2D eigenvalue weighted by Crippen LogP contribution is -2.09. The first-order valence-corrected chi connectivity index (χ1v) is 5.21. The van der Waals surface area contributed by atoms with E-state index in [2.05, 4.69) is 26.0 Å². The second-order valence-electron chi connectivity index (χ2n) is 3.22. The lowest BCUT2D eigenvalue weighted by molar-refractivity contribution is 0.977. The van der Waals surface area contributed by atoms with Crippen LogP contribution in [-0.2, 0) is 0 Å². The standard InChI is InChI=1S/C10H6BrN3O/c11-7-5-12-14-8-4-2-1-3-6(8)10(15)13-9(7)14/h1-5H,(H,13,15). The Morgan fingerprint density at radius 3 is 3.00 bits per heavy atom. The highest BCUT2D eigenvalue weighted by molar-refractivity contribution is 9.10. The predicted octanol–water partition coefficient (Wildman–Crippen LogP) is 1.94. The maximum absolute atomic E-state index is 11.7. The van der Waals surface area contributed by atoms with Crippen LogP contribution >= 0.6 is 15.9 Å². The quantitative estimate of drug-likeness (QED) is 0.674. The molecule has 0 fully saturated rings. The number of H-pyrrole nitrogens is 1. The minimum absolute atomic E-state index is 0.0979. The molecule has 15 heavy (non-hydrogen) atoms. The molecule has 0 spiro atoms. The second kappa shape index (κ2) is 2.93. The summed E-state index contributed by atoms with van der Waals surface area (Å²) >= 11 is 3.33. The van der Waals surface area contributed by atoms with Crippen molar-refractivity contribution in [3.05, 3.63) is 45.3 Å². The van der Waals surface area contributed by atoms with Crippen LogP contribution in [0, 0.1) is 0 Å². The van der Waals surface area contributed by atoms with Gasteiger partial charge < -0.3 is 4.98 Å². The summed E-state index contributed by atoms with van der Waals surface area (Å²) in [6, 6.07) is 7.37. The minimum atomic E-state index is -0.0979. The highest BCUT2D eigenvalue weighted by Gasteiger charge is 2.07. The van der Waals surface area contributed by atoms with Crippen LogP contribution in [0.25, 0.3) is 16.6 Å². The zero-order chi connectivity index (χ0) is 10.4. The van der Waals surface area contributed by atoms with Gasteiger partial charge in [-0.25, -0.2) is 4.52 Å². The fraction of sp³-hybridized carbons (Fsp3) is 0. The van der Waals surface area contributed by atoms with Crippen molar-refractivity contribution in [2.75, 3.05) is 0 Å². The average Bonchev–Trinajstić information content (AvgIpc) is 2.62. The van der Waals surface area contributed by atoms with Crippen molar-refractivity contribution in [2.45, 2.75) is 0 Å². The average molecular weight is 264 g/mol. The van der Waals surface area contributed by atoms with Gasteiger partial charge in [-0.1, -0.05) is 12.1 Å². The summed E-state index contributed by atoms with van der Waals surface area (Å²) in [7, 11) is 0. The Labute approximate surface area is 92.7 Å². The van der Waals surface area contributed by atoms with E-state index in [1.165, 1.54) is 0 Å². The van der Waals surface area contributed by atoms with Gasteiger partial charge in [-0.15, -0.1) is 0 Å². The molecule has 3 aromatic rings. The highest BCUT2D eigenvalue weighted by atomic mass is 79.9. The molecule has 2 aromatic heterocycles. The molecule has 0 saturated heterocycles. The van der Waals surface area contributed by atoms with Crippen molar-refractivity contribution in [3.63, 3.8) is 0 Å². The molecule has 0 bridgehead atoms. The van der Waals surface area contributed by atoms with Gasteiger partial charge in [0.25, 0.3) is 5.56 Å². The molecule has 4 nitrogen and oxygen atoms in total. The Bertz CT molecular complexity index is 713. The largest absolute Gasteiger partial charge is 0.305 e. The number of fused-ring (bicyclic) bond motifs is 3. The molecule has 0 amide bonds. The molecular formula is C10H6BrN3O. The number of aromatic amines is 1. The highest BCUT2D eigenvalue weighted by Crippen LogP contribution is 2.17. The van der Waals surface area contributed by atoms with E-state index in [1.54, 1.807) is 16.8 Å². The van der Waals surface area contributed by atoms with E-state index in [-0.39, 0.29) is 5.56 Å². The minimum Gasteiger partial charge on any atom is -0.305 e. The van der Waals surface area contributed by atoms with Crippen LogP contribution in [-0.4, -0.2) is 14.6 Å². The zero-order valence-electron chi connectivity index (χ0n) is 7.57. The Kier molecular flexibility index (Phi) is 1.70. The Morgan fingerprint density at radius 1 is 1.33 bits per heavy atom. The maximum atomic E-state index is 11.7. The number of para-hydroxylation sites is 1. The monoisotopic (exact) mass is 263 g/mol. The normalized spacial score (nSPS) is 11.3. The molecule has 3 rings (SSSR count). The van der Waals surface area contributed by atoms with Crippen molar-refractivity contribution in [2.24, 2.45) is 0 Å². The number of rotatable bonds is 0. The number of nitrogens with one attached hydrogen (secondary N) is 1. The van der Waals surface area contributed by atoms with E-state index < -0.39 is 0 Å². The van der Waals surface area contributed by atoms with Gasteiger partial charge in [-0.2, -0.15) is 5.10 Å². The SMILES string of the molecule is O=c1[nH]c2c(Br)cnn2c2ccccc12. The lowest BCUT2D eigenvalue weighted by Gasteiger charge is -1.99. The van der Waals surface area contributed by atoms with Crippen LogP contribution in [0.3, 0.4) is 0 Å². The first-order valence-electron chi connectivity index (χ1n) is 4.41. The Balaban J connectivity index is 2.71. The van der Waals surface area contributed by atoms with Crippen molar-refractivity contribution >= 4 is 32.5 Å². The molecule has 0 aliphatic heterocycles. The molecule has 74 valence electrons. The molecule has 2 heterocycles. The number of nitrogens with zero attached hydrogens (tertiary/aromatic N) is 2. The van der Waals surface area contributed by atoms with E-state index in [9.17, 15) is 4.79 Å². The van der Waals surface area contributed by atoms with Gasteiger partial charge in [-0.3, -0.25) is 4.79 Å². The van der Waals surface area contributed by atoms with E-state index >= 15 is 0 Å². The second-order valence-corrected chi connectivity index (χ2v) is 4.08. The van der Waals surface area contributed by atoms with Gasteiger partial charge >= 0.3 is 0 Å². The van der Waals surface area contributed by atoms with Crippen LogP contribution in [0.2, 0.25) is 0 Å². The molecule has 0 saturated carbocycles. The van der Waals surface area contributed by atoms with Crippen LogP contribution in [0.5, 0.6) is 0 Å². The van der Waals surface area contributed by atoms with Crippen LogP contribution in [0.1, 0.15) is 0 Å². The summed E-state index contributed by atoms with van der Waals surface area (Å²) in [5.41, 5.74) is 1.39. The van der Waals surface area contributed by atoms with Gasteiger partial charge in [0.15, 0.2) is 5.65 Å². The molecule has 1 N–H and O–H groups in total. The smallest absolute Gasteiger partial charge is 0.259 e. The molecular weight excluding hydrogens is 258 g/mol. The van der Waals surface area contributed by atoms with Crippen molar-refractivity contribution in [1.82, 2.24) is 14.6 Å². The summed E-state index contributed by atoms with van der Waals surface area (Å²) in [5.74, 6) is 0. The summed E-state index contributed by atoms with van der Waals surface area (Å²) < 4.78 is 2.49. The number of hydrogen-bond donors (Lipinski definition) is 1. The Hall–Kier alpha value is -1.62. The van der Waals surface area contributed by atoms with E-state index in [4.69, 9.17) is 0 Å². The zero-order valence-corrected chi connectivity index (χ0v) is 9.15. The van der Waals surface area contributed by atoms with Crippen LogP contribution in [0.4, 0.5) is 0 Å². The first kappa shape index (κ1) is 8.67. The fourth-order valence-corrected chi connectivity index (χ4v) is 2.01. The molecule has 0 aliphatic carbocycles. The third kappa shape index (κ3) is 1.13. The molecule has 0 atom stereocenters. The van der Waals surface area contributed by atoms with Gasteiger partial charge in [0.1, 0.15) is 0 Å². The third-order valence-corrected chi connectivity index (χ3v) is 2.91. The van der Waals surface area contributed by atoms with Gasteiger partial charge in [0, 0.05) is 0 Å². The summed E-state index contributed by atoms with van der Waals surface area (Å²) in [5, 5.41) is 4.83. The summed E-state index contributed by atoms with van der Waals surface area (Å²) in [6.45, 7) is 0. The van der Waals surface area contributed by atoms with E-state index in [0.717, 1.165) is 9.99 Å². The molecule has 0 radical (unpaired) electrons. The molecule has 1 aromatic carbocycles. The van der Waals surface area contributed by atoms with E-state index in [0.29, 0.717) is 11.0 Å². The van der Waals surface area contributed by atoms with Crippen molar-refractivity contribution in [1.29, 1.82) is 0 Å². The first-order chi connectivity index (χ1) is 7.27. The number of benzene rings is 1. The maximum Gasteiger partial charge on any atom is 0.259 e. The number of halogens is 1. The predicted molar refractivity (Wildman–Crippen MR) is 61.0 cm³/mol. The van der Waals surface area contributed by atoms with Gasteiger partial charge in [-0.05, 0) is 28.1 Å². The van der Waals surface area contributed by atoms with Gasteiger partial charge in [0.05, 0.1) is 21.6 Å². The van der Waals surface area contributed by atoms with Crippen molar-refractivity contribution < 1.29 is 0 Å². The van der Waals surface area contributed by atoms with E-state index in [1.807, 2.05) is 18.2 Å². The number of hydrogen-bond acceptors (Lipinski definition) is 2. The van der Waals surface area contributed by atoms with Crippen LogP contribution < -0.4 is 5.56 Å². The van der Waals surface area contributed by atoms with Gasteiger partial charge in [0.2, 0.25) is 0 Å². The molecule has 0 aliphatic rings. The third-order valence-electron chi connectivity index (χ3n) is 2.33. The fourth-order valence-electron chi connectivity index (χ4n) is 1.65. The topological polar surface area (TPSA) is 50.2 Å². The summed E-state index contributed by atoms with van der Waals surface area (Å²) in [4.78, 5) is 14.5.